The number of carbonyl (C=O) groups excluding carboxylic acids is 1. The molecule has 0 atom stereocenters. The van der Waals surface area contributed by atoms with Gasteiger partial charge in [0.1, 0.15) is 29.6 Å². The van der Waals surface area contributed by atoms with Crippen LogP contribution in [0.4, 0.5) is 0 Å². The maximum Gasteiger partial charge on any atom is 0.195 e. The standard InChI is InChI=1S/C19H16O4S/c1-21-14-4-6-15(7-5-14)22-13-17-9-8-16(23-17)10-11-18(20)19-3-2-12-24-19/h2-12H,13H2,1H3/b11-10+. The van der Waals surface area contributed by atoms with Crippen molar-refractivity contribution in [1.29, 1.82) is 0 Å². The van der Waals surface area contributed by atoms with Gasteiger partial charge in [0.2, 0.25) is 0 Å². The molecule has 0 amide bonds. The van der Waals surface area contributed by atoms with Gasteiger partial charge in [-0.05, 0) is 60.0 Å². The molecule has 0 unspecified atom stereocenters. The summed E-state index contributed by atoms with van der Waals surface area (Å²) in [5, 5.41) is 1.88. The normalized spacial score (nSPS) is 10.9. The van der Waals surface area contributed by atoms with Gasteiger partial charge in [-0.2, -0.15) is 0 Å². The Morgan fingerprint density at radius 3 is 2.62 bits per heavy atom. The van der Waals surface area contributed by atoms with E-state index in [1.54, 1.807) is 19.3 Å². The Hall–Kier alpha value is -2.79. The molecule has 0 fully saturated rings. The number of ketones is 1. The van der Waals surface area contributed by atoms with Crippen molar-refractivity contribution in [2.45, 2.75) is 6.61 Å². The topological polar surface area (TPSA) is 48.7 Å². The highest BCUT2D eigenvalue weighted by Crippen LogP contribution is 2.19. The number of ether oxygens (including phenoxy) is 2. The first-order valence-corrected chi connectivity index (χ1v) is 8.24. The van der Waals surface area contributed by atoms with E-state index >= 15 is 0 Å². The van der Waals surface area contributed by atoms with Crippen molar-refractivity contribution >= 4 is 23.2 Å². The fourth-order valence-corrected chi connectivity index (χ4v) is 2.69. The fraction of sp³-hybridized carbons (Fsp3) is 0.105. The molecular weight excluding hydrogens is 324 g/mol. The number of hydrogen-bond acceptors (Lipinski definition) is 5. The molecule has 0 saturated heterocycles. The van der Waals surface area contributed by atoms with E-state index in [1.807, 2.05) is 47.8 Å². The third kappa shape index (κ3) is 4.14. The molecule has 0 aliphatic heterocycles. The minimum absolute atomic E-state index is 0.0302. The molecule has 0 radical (unpaired) electrons. The second kappa shape index (κ2) is 7.66. The molecule has 5 heteroatoms. The van der Waals surface area contributed by atoms with E-state index in [-0.39, 0.29) is 5.78 Å². The van der Waals surface area contributed by atoms with Crippen LogP contribution < -0.4 is 9.47 Å². The maximum atomic E-state index is 11.9. The van der Waals surface area contributed by atoms with Crippen molar-refractivity contribution in [2.24, 2.45) is 0 Å². The summed E-state index contributed by atoms with van der Waals surface area (Å²) in [4.78, 5) is 12.6. The fourth-order valence-electron chi connectivity index (χ4n) is 2.05. The van der Waals surface area contributed by atoms with E-state index in [2.05, 4.69) is 0 Å². The van der Waals surface area contributed by atoms with Crippen molar-refractivity contribution in [3.63, 3.8) is 0 Å². The number of benzene rings is 1. The van der Waals surface area contributed by atoms with Crippen LogP contribution in [-0.2, 0) is 6.61 Å². The van der Waals surface area contributed by atoms with Crippen LogP contribution in [0, 0.1) is 0 Å². The van der Waals surface area contributed by atoms with Crippen LogP contribution in [0.1, 0.15) is 21.2 Å². The lowest BCUT2D eigenvalue weighted by atomic mass is 10.3. The lowest BCUT2D eigenvalue weighted by Crippen LogP contribution is -1.93. The SMILES string of the molecule is COc1ccc(OCc2ccc(/C=C/C(=O)c3cccs3)o2)cc1. The summed E-state index contributed by atoms with van der Waals surface area (Å²) < 4.78 is 16.4. The van der Waals surface area contributed by atoms with Crippen LogP contribution in [0.2, 0.25) is 0 Å². The number of hydrogen-bond donors (Lipinski definition) is 0. The van der Waals surface area contributed by atoms with E-state index in [1.165, 1.54) is 17.4 Å². The highest BCUT2D eigenvalue weighted by atomic mass is 32.1. The molecule has 1 aromatic carbocycles. The Morgan fingerprint density at radius 2 is 1.92 bits per heavy atom. The largest absolute Gasteiger partial charge is 0.497 e. The van der Waals surface area contributed by atoms with Gasteiger partial charge >= 0.3 is 0 Å². The van der Waals surface area contributed by atoms with E-state index in [0.29, 0.717) is 23.0 Å². The Balaban J connectivity index is 1.56. The smallest absolute Gasteiger partial charge is 0.195 e. The van der Waals surface area contributed by atoms with E-state index in [4.69, 9.17) is 13.9 Å². The van der Waals surface area contributed by atoms with Crippen LogP contribution in [0.25, 0.3) is 6.08 Å². The Kier molecular flexibility index (Phi) is 5.13. The summed E-state index contributed by atoms with van der Waals surface area (Å²) in [6.45, 7) is 0.318. The summed E-state index contributed by atoms with van der Waals surface area (Å²) >= 11 is 1.42. The molecule has 24 heavy (non-hydrogen) atoms. The number of rotatable bonds is 7. The highest BCUT2D eigenvalue weighted by molar-refractivity contribution is 7.12. The summed E-state index contributed by atoms with van der Waals surface area (Å²) in [6, 6.07) is 14.6. The van der Waals surface area contributed by atoms with Gasteiger partial charge < -0.3 is 13.9 Å². The summed E-state index contributed by atoms with van der Waals surface area (Å²) in [7, 11) is 1.62. The highest BCUT2D eigenvalue weighted by Gasteiger charge is 2.04. The zero-order chi connectivity index (χ0) is 16.8. The van der Waals surface area contributed by atoms with Crippen molar-refractivity contribution in [3.8, 4) is 11.5 Å². The van der Waals surface area contributed by atoms with Gasteiger partial charge in [-0.25, -0.2) is 0 Å². The average molecular weight is 340 g/mol. The second-order valence-electron chi connectivity index (χ2n) is 4.94. The van der Waals surface area contributed by atoms with Gasteiger partial charge in [-0.3, -0.25) is 4.79 Å². The number of thiophene rings is 1. The van der Waals surface area contributed by atoms with Crippen molar-refractivity contribution in [1.82, 2.24) is 0 Å². The second-order valence-corrected chi connectivity index (χ2v) is 5.89. The average Bonchev–Trinajstić information content (AvgIpc) is 3.30. The zero-order valence-electron chi connectivity index (χ0n) is 13.1. The zero-order valence-corrected chi connectivity index (χ0v) is 13.9. The quantitative estimate of drug-likeness (QED) is 0.457. The van der Waals surface area contributed by atoms with E-state index < -0.39 is 0 Å². The van der Waals surface area contributed by atoms with Crippen molar-refractivity contribution in [3.05, 3.63) is 76.4 Å². The van der Waals surface area contributed by atoms with Crippen LogP contribution in [0.3, 0.4) is 0 Å². The number of methoxy groups -OCH3 is 1. The monoisotopic (exact) mass is 340 g/mol. The summed E-state index contributed by atoms with van der Waals surface area (Å²) in [6.07, 6.45) is 3.18. The lowest BCUT2D eigenvalue weighted by molar-refractivity contribution is 0.105. The lowest BCUT2D eigenvalue weighted by Gasteiger charge is -2.05. The van der Waals surface area contributed by atoms with Gasteiger partial charge in [-0.1, -0.05) is 6.07 Å². The molecule has 0 aliphatic rings. The van der Waals surface area contributed by atoms with Crippen LogP contribution in [0.15, 0.2) is 64.4 Å². The van der Waals surface area contributed by atoms with Crippen LogP contribution >= 0.6 is 11.3 Å². The molecule has 0 spiro atoms. The van der Waals surface area contributed by atoms with Gasteiger partial charge in [0, 0.05) is 0 Å². The Bertz CT molecular complexity index is 813. The Labute approximate surface area is 144 Å². The number of carbonyl (C=O) groups is 1. The predicted molar refractivity (Wildman–Crippen MR) is 93.7 cm³/mol. The number of furan rings is 1. The first-order valence-electron chi connectivity index (χ1n) is 7.36. The molecule has 3 rings (SSSR count). The molecule has 122 valence electrons. The summed E-state index contributed by atoms with van der Waals surface area (Å²) in [5.74, 6) is 2.79. The molecule has 0 N–H and O–H groups in total. The summed E-state index contributed by atoms with van der Waals surface area (Å²) in [5.41, 5.74) is 0. The number of allylic oxidation sites excluding steroid dienone is 1. The van der Waals surface area contributed by atoms with Crippen molar-refractivity contribution in [2.75, 3.05) is 7.11 Å². The molecule has 3 aromatic rings. The predicted octanol–water partition coefficient (Wildman–Crippen LogP) is 4.82. The maximum absolute atomic E-state index is 11.9. The van der Waals surface area contributed by atoms with Gasteiger partial charge in [0.05, 0.1) is 12.0 Å². The third-order valence-corrected chi connectivity index (χ3v) is 4.17. The first kappa shape index (κ1) is 16.1. The molecular formula is C19H16O4S. The van der Waals surface area contributed by atoms with E-state index in [9.17, 15) is 4.79 Å². The first-order chi connectivity index (χ1) is 11.7. The molecule has 0 saturated carbocycles. The van der Waals surface area contributed by atoms with Gasteiger partial charge in [0.15, 0.2) is 5.78 Å². The molecule has 2 aromatic heterocycles. The minimum atomic E-state index is -0.0302. The molecule has 2 heterocycles. The third-order valence-electron chi connectivity index (χ3n) is 3.29. The van der Waals surface area contributed by atoms with E-state index in [0.717, 1.165) is 11.5 Å². The van der Waals surface area contributed by atoms with Crippen LogP contribution in [0.5, 0.6) is 11.5 Å². The molecule has 0 aliphatic carbocycles. The van der Waals surface area contributed by atoms with Gasteiger partial charge in [-0.15, -0.1) is 11.3 Å². The minimum Gasteiger partial charge on any atom is -0.497 e. The molecule has 4 nitrogen and oxygen atoms in total. The van der Waals surface area contributed by atoms with Crippen LogP contribution in [-0.4, -0.2) is 12.9 Å². The van der Waals surface area contributed by atoms with Gasteiger partial charge in [0.25, 0.3) is 0 Å². The Morgan fingerprint density at radius 1 is 1.12 bits per heavy atom. The van der Waals surface area contributed by atoms with Crippen molar-refractivity contribution < 1.29 is 18.7 Å². The molecule has 0 bridgehead atoms.